The van der Waals surface area contributed by atoms with Crippen LogP contribution >= 0.6 is 0 Å². The van der Waals surface area contributed by atoms with Gasteiger partial charge in [0.25, 0.3) is 17.7 Å². The zero-order chi connectivity index (χ0) is 20.9. The molecule has 2 amide bonds. The molecule has 0 N–H and O–H groups in total. The van der Waals surface area contributed by atoms with E-state index in [1.807, 2.05) is 0 Å². The first-order chi connectivity index (χ1) is 14.6. The van der Waals surface area contributed by atoms with Crippen molar-refractivity contribution < 1.29 is 23.3 Å². The Morgan fingerprint density at radius 3 is 2.60 bits per heavy atom. The van der Waals surface area contributed by atoms with Crippen molar-refractivity contribution in [2.75, 3.05) is 39.9 Å². The number of likely N-dealkylation sites (N-methyl/N-ethyl adjacent to an activating group) is 1. The van der Waals surface area contributed by atoms with Crippen LogP contribution in [0, 0.1) is 0 Å². The zero-order valence-corrected chi connectivity index (χ0v) is 16.6. The average Bonchev–Trinajstić information content (AvgIpc) is 3.49. The van der Waals surface area contributed by atoms with Crippen molar-refractivity contribution in [2.45, 2.75) is 6.42 Å². The molecule has 1 aromatic carbocycles. The number of furan rings is 1. The van der Waals surface area contributed by atoms with Crippen LogP contribution < -0.4 is 0 Å². The van der Waals surface area contributed by atoms with E-state index < -0.39 is 0 Å². The standard InChI is InChI=1S/C21H22N4O5/c1-24(21(27)17-3-2-12-29-17)9-8-18-22-19(30-23-18)15-4-6-16(7-5-15)20(26)25-10-13-28-14-11-25/h2-7,12H,8-11,13-14H2,1H3. The van der Waals surface area contributed by atoms with E-state index >= 15 is 0 Å². The first-order valence-corrected chi connectivity index (χ1v) is 9.71. The van der Waals surface area contributed by atoms with Crippen molar-refractivity contribution in [3.8, 4) is 11.5 Å². The average molecular weight is 410 g/mol. The van der Waals surface area contributed by atoms with Crippen LogP contribution in [0.5, 0.6) is 0 Å². The van der Waals surface area contributed by atoms with Gasteiger partial charge in [-0.2, -0.15) is 4.98 Å². The van der Waals surface area contributed by atoms with E-state index in [2.05, 4.69) is 10.1 Å². The Bertz CT molecular complexity index is 991. The van der Waals surface area contributed by atoms with E-state index in [1.54, 1.807) is 53.2 Å². The molecule has 0 bridgehead atoms. The van der Waals surface area contributed by atoms with Crippen LogP contribution in [0.4, 0.5) is 0 Å². The van der Waals surface area contributed by atoms with Gasteiger partial charge in [0.15, 0.2) is 11.6 Å². The van der Waals surface area contributed by atoms with Gasteiger partial charge in [0.05, 0.1) is 19.5 Å². The van der Waals surface area contributed by atoms with Gasteiger partial charge in [-0.05, 0) is 36.4 Å². The van der Waals surface area contributed by atoms with Crippen molar-refractivity contribution >= 4 is 11.8 Å². The highest BCUT2D eigenvalue weighted by atomic mass is 16.5. The van der Waals surface area contributed by atoms with Crippen molar-refractivity contribution in [1.29, 1.82) is 0 Å². The third-order valence-corrected chi connectivity index (χ3v) is 4.89. The highest BCUT2D eigenvalue weighted by Gasteiger charge is 2.19. The molecule has 0 aliphatic carbocycles. The molecule has 1 aliphatic heterocycles. The fraction of sp³-hybridized carbons (Fsp3) is 0.333. The van der Waals surface area contributed by atoms with Gasteiger partial charge >= 0.3 is 0 Å². The fourth-order valence-corrected chi connectivity index (χ4v) is 3.13. The fourth-order valence-electron chi connectivity index (χ4n) is 3.13. The van der Waals surface area contributed by atoms with E-state index in [0.29, 0.717) is 56.5 Å². The highest BCUT2D eigenvalue weighted by Crippen LogP contribution is 2.19. The van der Waals surface area contributed by atoms with E-state index in [-0.39, 0.29) is 17.6 Å². The number of aromatic nitrogens is 2. The lowest BCUT2D eigenvalue weighted by molar-refractivity contribution is 0.0303. The van der Waals surface area contributed by atoms with E-state index in [9.17, 15) is 9.59 Å². The summed E-state index contributed by atoms with van der Waals surface area (Å²) in [6.07, 6.45) is 1.91. The topological polar surface area (TPSA) is 102 Å². The molecule has 1 saturated heterocycles. The molecule has 30 heavy (non-hydrogen) atoms. The highest BCUT2D eigenvalue weighted by molar-refractivity contribution is 5.94. The molecule has 1 aliphatic rings. The first-order valence-electron chi connectivity index (χ1n) is 9.71. The summed E-state index contributed by atoms with van der Waals surface area (Å²) in [5, 5.41) is 3.98. The SMILES string of the molecule is CN(CCc1noc(-c2ccc(C(=O)N3CCOCC3)cc2)n1)C(=O)c1ccco1. The Morgan fingerprint density at radius 1 is 1.13 bits per heavy atom. The smallest absolute Gasteiger partial charge is 0.289 e. The van der Waals surface area contributed by atoms with Gasteiger partial charge in [-0.3, -0.25) is 9.59 Å². The molecule has 0 atom stereocenters. The maximum absolute atomic E-state index is 12.5. The normalized spacial score (nSPS) is 14.0. The maximum atomic E-state index is 12.5. The summed E-state index contributed by atoms with van der Waals surface area (Å²) in [5.41, 5.74) is 1.34. The Hall–Kier alpha value is -3.46. The molecule has 0 radical (unpaired) electrons. The molecular weight excluding hydrogens is 388 g/mol. The molecule has 1 fully saturated rings. The van der Waals surface area contributed by atoms with Crippen LogP contribution in [0.1, 0.15) is 26.7 Å². The van der Waals surface area contributed by atoms with Gasteiger partial charge in [0.2, 0.25) is 0 Å². The van der Waals surface area contributed by atoms with Crippen LogP contribution in [-0.2, 0) is 11.2 Å². The molecule has 3 aromatic rings. The lowest BCUT2D eigenvalue weighted by Gasteiger charge is -2.26. The summed E-state index contributed by atoms with van der Waals surface area (Å²) in [4.78, 5) is 32.4. The number of nitrogens with zero attached hydrogens (tertiary/aromatic N) is 4. The predicted molar refractivity (Wildman–Crippen MR) is 106 cm³/mol. The second kappa shape index (κ2) is 8.91. The monoisotopic (exact) mass is 410 g/mol. The van der Waals surface area contributed by atoms with Gasteiger partial charge in [-0.25, -0.2) is 0 Å². The van der Waals surface area contributed by atoms with Crippen LogP contribution in [0.25, 0.3) is 11.5 Å². The number of hydrogen-bond acceptors (Lipinski definition) is 7. The van der Waals surface area contributed by atoms with E-state index in [1.165, 1.54) is 6.26 Å². The number of carbonyl (C=O) groups excluding carboxylic acids is 2. The molecule has 0 unspecified atom stereocenters. The Kier molecular flexibility index (Phi) is 5.89. The summed E-state index contributed by atoms with van der Waals surface area (Å²) < 4.78 is 15.7. The Morgan fingerprint density at radius 2 is 1.90 bits per heavy atom. The summed E-state index contributed by atoms with van der Waals surface area (Å²) in [7, 11) is 1.69. The largest absolute Gasteiger partial charge is 0.459 e. The lowest BCUT2D eigenvalue weighted by atomic mass is 10.1. The number of ether oxygens (including phenoxy) is 1. The van der Waals surface area contributed by atoms with E-state index in [4.69, 9.17) is 13.7 Å². The van der Waals surface area contributed by atoms with Crippen LogP contribution in [0.15, 0.2) is 51.6 Å². The number of rotatable bonds is 6. The van der Waals surface area contributed by atoms with Gasteiger partial charge in [0.1, 0.15) is 0 Å². The molecule has 9 heteroatoms. The second-order valence-corrected chi connectivity index (χ2v) is 6.95. The maximum Gasteiger partial charge on any atom is 0.289 e. The number of benzene rings is 1. The van der Waals surface area contributed by atoms with Crippen molar-refractivity contribution in [3.63, 3.8) is 0 Å². The number of carbonyl (C=O) groups is 2. The van der Waals surface area contributed by atoms with Crippen molar-refractivity contribution in [3.05, 3.63) is 59.8 Å². The molecular formula is C21H22N4O5. The van der Waals surface area contributed by atoms with Gasteiger partial charge in [-0.1, -0.05) is 5.16 Å². The molecule has 2 aromatic heterocycles. The van der Waals surface area contributed by atoms with Gasteiger partial charge < -0.3 is 23.5 Å². The number of amides is 2. The number of morpholine rings is 1. The summed E-state index contributed by atoms with van der Waals surface area (Å²) in [5.74, 6) is 0.940. The van der Waals surface area contributed by atoms with Crippen LogP contribution in [0.3, 0.4) is 0 Å². The van der Waals surface area contributed by atoms with Crippen LogP contribution in [0.2, 0.25) is 0 Å². The summed E-state index contributed by atoms with van der Waals surface area (Å²) in [6.45, 7) is 2.76. The first kappa shape index (κ1) is 19.8. The Labute approximate surface area is 173 Å². The Balaban J connectivity index is 1.35. The minimum Gasteiger partial charge on any atom is -0.459 e. The van der Waals surface area contributed by atoms with E-state index in [0.717, 1.165) is 5.56 Å². The number of hydrogen-bond donors (Lipinski definition) is 0. The molecule has 156 valence electrons. The van der Waals surface area contributed by atoms with Gasteiger partial charge in [-0.15, -0.1) is 0 Å². The summed E-state index contributed by atoms with van der Waals surface area (Å²) in [6, 6.07) is 10.4. The van der Waals surface area contributed by atoms with Crippen molar-refractivity contribution in [2.24, 2.45) is 0 Å². The minimum absolute atomic E-state index is 0.0136. The van der Waals surface area contributed by atoms with Gasteiger partial charge in [0, 0.05) is 44.2 Å². The quantitative estimate of drug-likeness (QED) is 0.613. The molecule has 0 spiro atoms. The predicted octanol–water partition coefficient (Wildman–Crippen LogP) is 2.12. The third kappa shape index (κ3) is 4.41. The lowest BCUT2D eigenvalue weighted by Crippen LogP contribution is -2.40. The van der Waals surface area contributed by atoms with Crippen molar-refractivity contribution in [1.82, 2.24) is 19.9 Å². The van der Waals surface area contributed by atoms with Crippen LogP contribution in [-0.4, -0.2) is 71.7 Å². The molecule has 0 saturated carbocycles. The minimum atomic E-state index is -0.204. The third-order valence-electron chi connectivity index (χ3n) is 4.89. The molecule has 9 nitrogen and oxygen atoms in total. The summed E-state index contributed by atoms with van der Waals surface area (Å²) >= 11 is 0. The molecule has 4 rings (SSSR count). The zero-order valence-electron chi connectivity index (χ0n) is 16.6. The molecule has 3 heterocycles. The second-order valence-electron chi connectivity index (χ2n) is 6.95.